The van der Waals surface area contributed by atoms with Crippen LogP contribution in [-0.4, -0.2) is 24.2 Å². The van der Waals surface area contributed by atoms with E-state index in [1.165, 1.54) is 0 Å². The molecule has 0 saturated carbocycles. The normalized spacial score (nSPS) is 14.2. The van der Waals surface area contributed by atoms with Crippen molar-refractivity contribution in [2.45, 2.75) is 53.1 Å². The molecule has 14 heavy (non-hydrogen) atoms. The first-order valence-corrected chi connectivity index (χ1v) is 5.22. The van der Waals surface area contributed by atoms with E-state index in [2.05, 4.69) is 5.32 Å². The Bertz CT molecular complexity index is 182. The molecule has 3 nitrogen and oxygen atoms in total. The zero-order valence-electron chi connectivity index (χ0n) is 10.2. The van der Waals surface area contributed by atoms with Crippen LogP contribution in [0.5, 0.6) is 0 Å². The summed E-state index contributed by atoms with van der Waals surface area (Å²) < 4.78 is 5.01. The first-order chi connectivity index (χ1) is 6.28. The maximum atomic E-state index is 11.6. The van der Waals surface area contributed by atoms with Gasteiger partial charge in [0.25, 0.3) is 0 Å². The van der Waals surface area contributed by atoms with Gasteiger partial charge < -0.3 is 4.74 Å². The highest BCUT2D eigenvalue weighted by molar-refractivity contribution is 5.76. The van der Waals surface area contributed by atoms with E-state index in [0.29, 0.717) is 6.61 Å². The molecule has 0 spiro atoms. The van der Waals surface area contributed by atoms with E-state index >= 15 is 0 Å². The third kappa shape index (κ3) is 5.22. The lowest BCUT2D eigenvalue weighted by Crippen LogP contribution is -2.51. The second-order valence-electron chi connectivity index (χ2n) is 4.87. The quantitative estimate of drug-likeness (QED) is 0.707. The Hall–Kier alpha value is -0.570. The van der Waals surface area contributed by atoms with Crippen molar-refractivity contribution in [3.63, 3.8) is 0 Å². The molecule has 0 aliphatic heterocycles. The highest BCUT2D eigenvalue weighted by Crippen LogP contribution is 2.09. The van der Waals surface area contributed by atoms with Gasteiger partial charge >= 0.3 is 5.97 Å². The minimum Gasteiger partial charge on any atom is -0.465 e. The molecular weight excluding hydrogens is 178 g/mol. The van der Waals surface area contributed by atoms with Crippen LogP contribution in [0.3, 0.4) is 0 Å². The molecular formula is C11H23NO2. The molecule has 0 aliphatic rings. The maximum absolute atomic E-state index is 11.6. The monoisotopic (exact) mass is 201 g/mol. The predicted octanol–water partition coefficient (Wildman–Crippen LogP) is 1.96. The smallest absolute Gasteiger partial charge is 0.323 e. The number of ether oxygens (including phenoxy) is 1. The summed E-state index contributed by atoms with van der Waals surface area (Å²) in [4.78, 5) is 11.6. The summed E-state index contributed by atoms with van der Waals surface area (Å²) in [5.41, 5.74) is -0.0678. The van der Waals surface area contributed by atoms with Crippen LogP contribution in [0.2, 0.25) is 0 Å². The molecule has 0 aromatic rings. The summed E-state index contributed by atoms with van der Waals surface area (Å²) in [6, 6.07) is -0.213. The Labute approximate surface area is 87.2 Å². The van der Waals surface area contributed by atoms with E-state index in [0.717, 1.165) is 0 Å². The van der Waals surface area contributed by atoms with Gasteiger partial charge in [0.05, 0.1) is 6.61 Å². The molecule has 0 bridgehead atoms. The van der Waals surface area contributed by atoms with Gasteiger partial charge in [-0.25, -0.2) is 0 Å². The number of rotatable bonds is 4. The van der Waals surface area contributed by atoms with Crippen molar-refractivity contribution in [3.05, 3.63) is 0 Å². The number of carbonyl (C=O) groups is 1. The summed E-state index contributed by atoms with van der Waals surface area (Å²) in [5.74, 6) is 0.0886. The van der Waals surface area contributed by atoms with Crippen molar-refractivity contribution in [3.8, 4) is 0 Å². The van der Waals surface area contributed by atoms with Crippen molar-refractivity contribution < 1.29 is 9.53 Å². The molecule has 0 aliphatic carbocycles. The van der Waals surface area contributed by atoms with Crippen molar-refractivity contribution in [2.75, 3.05) is 6.61 Å². The van der Waals surface area contributed by atoms with E-state index in [4.69, 9.17) is 4.74 Å². The molecule has 0 heterocycles. The molecule has 0 unspecified atom stereocenters. The van der Waals surface area contributed by atoms with Gasteiger partial charge in [0.15, 0.2) is 0 Å². The van der Waals surface area contributed by atoms with Gasteiger partial charge in [-0.1, -0.05) is 13.8 Å². The summed E-state index contributed by atoms with van der Waals surface area (Å²) in [6.45, 7) is 12.4. The SMILES string of the molecule is CCOC(=O)[C@H](NC(C)(C)C)C(C)C. The lowest BCUT2D eigenvalue weighted by Gasteiger charge is -2.29. The molecule has 0 fully saturated rings. The average Bonchev–Trinajstić information content (AvgIpc) is 1.98. The largest absolute Gasteiger partial charge is 0.465 e. The first-order valence-electron chi connectivity index (χ1n) is 5.22. The van der Waals surface area contributed by atoms with Gasteiger partial charge in [-0.2, -0.15) is 0 Å². The summed E-state index contributed by atoms with van der Waals surface area (Å²) in [6.07, 6.45) is 0. The van der Waals surface area contributed by atoms with Crippen LogP contribution in [0.25, 0.3) is 0 Å². The van der Waals surface area contributed by atoms with Crippen LogP contribution in [0.1, 0.15) is 41.5 Å². The van der Waals surface area contributed by atoms with Gasteiger partial charge in [0.1, 0.15) is 6.04 Å². The van der Waals surface area contributed by atoms with E-state index in [1.54, 1.807) is 0 Å². The molecule has 84 valence electrons. The van der Waals surface area contributed by atoms with Crippen molar-refractivity contribution in [1.82, 2.24) is 5.32 Å². The molecule has 1 N–H and O–H groups in total. The second-order valence-corrected chi connectivity index (χ2v) is 4.87. The van der Waals surface area contributed by atoms with Crippen molar-refractivity contribution in [2.24, 2.45) is 5.92 Å². The average molecular weight is 201 g/mol. The molecule has 0 saturated heterocycles. The van der Waals surface area contributed by atoms with Crippen molar-refractivity contribution >= 4 is 5.97 Å². The molecule has 1 atom stereocenters. The van der Waals surface area contributed by atoms with E-state index < -0.39 is 0 Å². The number of hydrogen-bond acceptors (Lipinski definition) is 3. The van der Waals surface area contributed by atoms with Crippen LogP contribution in [-0.2, 0) is 9.53 Å². The zero-order valence-corrected chi connectivity index (χ0v) is 10.2. The lowest BCUT2D eigenvalue weighted by atomic mass is 9.99. The van der Waals surface area contributed by atoms with E-state index in [1.807, 2.05) is 41.5 Å². The third-order valence-corrected chi connectivity index (χ3v) is 1.80. The van der Waals surface area contributed by atoms with Crippen LogP contribution < -0.4 is 5.32 Å². The summed E-state index contributed by atoms with van der Waals surface area (Å²) in [5, 5.41) is 3.27. The Balaban J connectivity index is 4.37. The van der Waals surface area contributed by atoms with Gasteiger partial charge in [0.2, 0.25) is 0 Å². The van der Waals surface area contributed by atoms with Gasteiger partial charge in [-0.3, -0.25) is 10.1 Å². The Morgan fingerprint density at radius 3 is 2.14 bits per heavy atom. The first kappa shape index (κ1) is 13.4. The van der Waals surface area contributed by atoms with Gasteiger partial charge in [0, 0.05) is 5.54 Å². The lowest BCUT2D eigenvalue weighted by molar-refractivity contribution is -0.147. The highest BCUT2D eigenvalue weighted by atomic mass is 16.5. The van der Waals surface area contributed by atoms with E-state index in [-0.39, 0.29) is 23.5 Å². The number of esters is 1. The fourth-order valence-electron chi connectivity index (χ4n) is 1.20. The highest BCUT2D eigenvalue weighted by Gasteiger charge is 2.27. The van der Waals surface area contributed by atoms with Crippen LogP contribution in [0, 0.1) is 5.92 Å². The topological polar surface area (TPSA) is 38.3 Å². The Morgan fingerprint density at radius 1 is 1.36 bits per heavy atom. The number of nitrogens with one attached hydrogen (secondary N) is 1. The summed E-state index contributed by atoms with van der Waals surface area (Å²) in [7, 11) is 0. The molecule has 0 aromatic heterocycles. The predicted molar refractivity (Wildman–Crippen MR) is 58.1 cm³/mol. The molecule has 3 heteroatoms. The minimum atomic E-state index is -0.213. The third-order valence-electron chi connectivity index (χ3n) is 1.80. The maximum Gasteiger partial charge on any atom is 0.323 e. The molecule has 0 rings (SSSR count). The fourth-order valence-corrected chi connectivity index (χ4v) is 1.20. The van der Waals surface area contributed by atoms with E-state index in [9.17, 15) is 4.79 Å². The minimum absolute atomic E-state index is 0.0678. The summed E-state index contributed by atoms with van der Waals surface area (Å²) >= 11 is 0. The molecule has 0 amide bonds. The Kier molecular flexibility index (Phi) is 5.13. The number of carbonyl (C=O) groups excluding carboxylic acids is 1. The molecule has 0 aromatic carbocycles. The van der Waals surface area contributed by atoms with Crippen LogP contribution >= 0.6 is 0 Å². The van der Waals surface area contributed by atoms with Crippen molar-refractivity contribution in [1.29, 1.82) is 0 Å². The van der Waals surface area contributed by atoms with Crippen LogP contribution in [0.4, 0.5) is 0 Å². The second kappa shape index (κ2) is 5.35. The number of hydrogen-bond donors (Lipinski definition) is 1. The fraction of sp³-hybridized carbons (Fsp3) is 0.909. The van der Waals surface area contributed by atoms with Gasteiger partial charge in [-0.05, 0) is 33.6 Å². The standard InChI is InChI=1S/C11H23NO2/c1-7-14-10(13)9(8(2)3)12-11(4,5)6/h8-9,12H,7H2,1-6H3/t9-/m1/s1. The Morgan fingerprint density at radius 2 is 1.86 bits per heavy atom. The zero-order chi connectivity index (χ0) is 11.4. The molecule has 0 radical (unpaired) electrons. The van der Waals surface area contributed by atoms with Gasteiger partial charge in [-0.15, -0.1) is 0 Å². The van der Waals surface area contributed by atoms with Crippen LogP contribution in [0.15, 0.2) is 0 Å².